The molecule has 0 aromatic heterocycles. The Morgan fingerprint density at radius 3 is 2.19 bits per heavy atom. The Labute approximate surface area is 127 Å². The highest BCUT2D eigenvalue weighted by Crippen LogP contribution is 2.36. The number of carbonyl (C=O) groups is 1. The molecule has 0 radical (unpaired) electrons. The molecular weight excluding hydrogens is 294 g/mol. The van der Waals surface area contributed by atoms with Crippen molar-refractivity contribution in [1.29, 1.82) is 0 Å². The Kier molecular flexibility index (Phi) is 7.22. The highest BCUT2D eigenvalue weighted by Gasteiger charge is 2.39. The van der Waals surface area contributed by atoms with Crippen LogP contribution in [-0.4, -0.2) is 33.4 Å². The van der Waals surface area contributed by atoms with Crippen LogP contribution in [0.4, 0.5) is 8.78 Å². The minimum absolute atomic E-state index is 0.0597. The van der Waals surface area contributed by atoms with Crippen LogP contribution in [0.5, 0.6) is 0 Å². The quantitative estimate of drug-likeness (QED) is 0.392. The molecule has 0 heterocycles. The van der Waals surface area contributed by atoms with Gasteiger partial charge in [0.2, 0.25) is 0 Å². The molecule has 124 valence electrons. The lowest BCUT2D eigenvalue weighted by Crippen LogP contribution is -2.41. The van der Waals surface area contributed by atoms with E-state index < -0.39 is 20.2 Å². The summed E-state index contributed by atoms with van der Waals surface area (Å²) in [6.45, 7) is 14.0. The van der Waals surface area contributed by atoms with E-state index in [0.717, 1.165) is 0 Å². The van der Waals surface area contributed by atoms with Crippen molar-refractivity contribution >= 4 is 14.3 Å². The van der Waals surface area contributed by atoms with Gasteiger partial charge in [-0.2, -0.15) is 8.78 Å². The van der Waals surface area contributed by atoms with Crippen LogP contribution in [0.25, 0.3) is 0 Å². The first-order valence-electron chi connectivity index (χ1n) is 7.21. The van der Waals surface area contributed by atoms with E-state index in [2.05, 4.69) is 38.6 Å². The lowest BCUT2D eigenvalue weighted by atomic mass is 10.1. The molecule has 0 spiro atoms. The van der Waals surface area contributed by atoms with Gasteiger partial charge in [-0.25, -0.2) is 4.79 Å². The summed E-state index contributed by atoms with van der Waals surface area (Å²) >= 11 is 0. The molecule has 0 saturated carbocycles. The van der Waals surface area contributed by atoms with Crippen molar-refractivity contribution in [2.24, 2.45) is 0 Å². The average molecular weight is 322 g/mol. The second kappa shape index (κ2) is 7.49. The summed E-state index contributed by atoms with van der Waals surface area (Å²) < 4.78 is 37.3. The fourth-order valence-corrected chi connectivity index (χ4v) is 2.40. The summed E-state index contributed by atoms with van der Waals surface area (Å²) in [5.74, 6) is -5.08. The highest BCUT2D eigenvalue weighted by atomic mass is 28.4. The van der Waals surface area contributed by atoms with Crippen LogP contribution in [0.1, 0.15) is 41.0 Å². The lowest BCUT2D eigenvalue weighted by molar-refractivity contribution is -0.164. The molecule has 0 amide bonds. The highest BCUT2D eigenvalue weighted by molar-refractivity contribution is 6.74. The van der Waals surface area contributed by atoms with Gasteiger partial charge in [0.05, 0.1) is 6.61 Å². The van der Waals surface area contributed by atoms with Crippen molar-refractivity contribution in [2.45, 2.75) is 65.1 Å². The van der Waals surface area contributed by atoms with Gasteiger partial charge < -0.3 is 9.16 Å². The fourth-order valence-electron chi connectivity index (χ4n) is 1.35. The molecule has 0 aliphatic heterocycles. The number of alkyl halides is 2. The van der Waals surface area contributed by atoms with Gasteiger partial charge in [0.15, 0.2) is 8.32 Å². The summed E-state index contributed by atoms with van der Waals surface area (Å²) in [5, 5.41) is 0.0828. The molecule has 0 atom stereocenters. The molecule has 0 aromatic carbocycles. The molecule has 0 aliphatic carbocycles. The third kappa shape index (κ3) is 6.69. The first-order chi connectivity index (χ1) is 9.33. The first kappa shape index (κ1) is 20.2. The predicted octanol–water partition coefficient (Wildman–Crippen LogP) is 4.54. The van der Waals surface area contributed by atoms with Gasteiger partial charge >= 0.3 is 11.9 Å². The van der Waals surface area contributed by atoms with Gasteiger partial charge in [0.1, 0.15) is 0 Å². The molecule has 0 N–H and O–H groups in total. The molecule has 0 unspecified atom stereocenters. The van der Waals surface area contributed by atoms with Crippen molar-refractivity contribution in [3.8, 4) is 0 Å². The Morgan fingerprint density at radius 1 is 1.24 bits per heavy atom. The first-order valence-corrected chi connectivity index (χ1v) is 10.1. The van der Waals surface area contributed by atoms with E-state index in [4.69, 9.17) is 4.43 Å². The SMILES string of the molecule is CCOC(=O)C(F)(F)/C=C(\C)CCO[Si](C)(C)C(C)(C)C. The lowest BCUT2D eigenvalue weighted by Gasteiger charge is -2.36. The smallest absolute Gasteiger partial charge is 0.381 e. The molecule has 3 nitrogen and oxygen atoms in total. The van der Waals surface area contributed by atoms with Gasteiger partial charge in [-0.1, -0.05) is 26.3 Å². The van der Waals surface area contributed by atoms with E-state index in [1.54, 1.807) is 6.92 Å². The zero-order valence-corrected chi connectivity index (χ0v) is 15.2. The number of carbonyl (C=O) groups excluding carboxylic acids is 1. The number of hydrogen-bond acceptors (Lipinski definition) is 3. The number of ether oxygens (including phenoxy) is 1. The van der Waals surface area contributed by atoms with E-state index in [0.29, 0.717) is 24.7 Å². The standard InChI is InChI=1S/C15H28F2O3Si/c1-8-19-13(18)15(16,17)11-12(2)9-10-20-21(6,7)14(3,4)5/h11H,8-10H2,1-7H3/b12-11+. The minimum Gasteiger partial charge on any atom is -0.461 e. The predicted molar refractivity (Wildman–Crippen MR) is 83.1 cm³/mol. The zero-order valence-electron chi connectivity index (χ0n) is 14.2. The van der Waals surface area contributed by atoms with E-state index in [9.17, 15) is 13.6 Å². The van der Waals surface area contributed by atoms with E-state index in [1.165, 1.54) is 6.92 Å². The minimum atomic E-state index is -3.57. The monoisotopic (exact) mass is 322 g/mol. The third-order valence-electron chi connectivity index (χ3n) is 3.74. The molecule has 0 aliphatic rings. The summed E-state index contributed by atoms with van der Waals surface area (Å²) in [6, 6.07) is 0. The number of hydrogen-bond donors (Lipinski definition) is 0. The summed E-state index contributed by atoms with van der Waals surface area (Å²) in [7, 11) is -1.87. The molecule has 6 heteroatoms. The van der Waals surface area contributed by atoms with E-state index >= 15 is 0 Å². The van der Waals surface area contributed by atoms with Crippen LogP contribution >= 0.6 is 0 Å². The van der Waals surface area contributed by atoms with Crippen molar-refractivity contribution in [3.63, 3.8) is 0 Å². The van der Waals surface area contributed by atoms with Gasteiger partial charge in [-0.3, -0.25) is 0 Å². The van der Waals surface area contributed by atoms with Crippen LogP contribution in [0.2, 0.25) is 18.1 Å². The third-order valence-corrected chi connectivity index (χ3v) is 8.28. The Hall–Kier alpha value is -0.753. The number of halogens is 2. The molecule has 0 fully saturated rings. The second-order valence-electron chi connectivity index (χ2n) is 6.69. The fraction of sp³-hybridized carbons (Fsp3) is 0.800. The van der Waals surface area contributed by atoms with Crippen LogP contribution in [-0.2, 0) is 14.0 Å². The average Bonchev–Trinajstić information content (AvgIpc) is 2.26. The maximum absolute atomic E-state index is 13.5. The molecular formula is C15H28F2O3Si. The van der Waals surface area contributed by atoms with Gasteiger partial charge in [-0.15, -0.1) is 0 Å². The van der Waals surface area contributed by atoms with E-state index in [1.807, 2.05) is 0 Å². The van der Waals surface area contributed by atoms with Gasteiger partial charge in [-0.05, 0) is 44.5 Å². The normalized spacial score (nSPS) is 14.2. The molecule has 0 bridgehead atoms. The Balaban J connectivity index is 4.54. The summed E-state index contributed by atoms with van der Waals surface area (Å²) in [6.07, 6.45) is 1.04. The molecule has 21 heavy (non-hydrogen) atoms. The molecule has 0 rings (SSSR count). The number of rotatable bonds is 7. The molecule has 0 saturated heterocycles. The van der Waals surface area contributed by atoms with E-state index in [-0.39, 0.29) is 11.6 Å². The topological polar surface area (TPSA) is 35.5 Å². The zero-order chi connectivity index (χ0) is 16.9. The maximum atomic E-state index is 13.5. The summed E-state index contributed by atoms with van der Waals surface area (Å²) in [4.78, 5) is 11.1. The van der Waals surface area contributed by atoms with Crippen molar-refractivity contribution < 1.29 is 22.7 Å². The van der Waals surface area contributed by atoms with Crippen LogP contribution < -0.4 is 0 Å². The van der Waals surface area contributed by atoms with Crippen LogP contribution in [0.3, 0.4) is 0 Å². The second-order valence-corrected chi connectivity index (χ2v) is 11.5. The summed E-state index contributed by atoms with van der Waals surface area (Å²) in [5.41, 5.74) is 0.423. The van der Waals surface area contributed by atoms with Gasteiger partial charge in [0, 0.05) is 6.61 Å². The van der Waals surface area contributed by atoms with Crippen molar-refractivity contribution in [1.82, 2.24) is 0 Å². The van der Waals surface area contributed by atoms with Crippen molar-refractivity contribution in [2.75, 3.05) is 13.2 Å². The van der Waals surface area contributed by atoms with Crippen LogP contribution in [0, 0.1) is 0 Å². The Morgan fingerprint density at radius 2 is 1.76 bits per heavy atom. The van der Waals surface area contributed by atoms with Crippen molar-refractivity contribution in [3.05, 3.63) is 11.6 Å². The largest absolute Gasteiger partial charge is 0.461 e. The number of esters is 1. The Bertz CT molecular complexity index is 385. The maximum Gasteiger partial charge on any atom is 0.381 e. The van der Waals surface area contributed by atoms with Crippen LogP contribution in [0.15, 0.2) is 11.6 Å². The molecule has 0 aromatic rings. The van der Waals surface area contributed by atoms with Gasteiger partial charge in [0.25, 0.3) is 0 Å².